The molecule has 0 unspecified atom stereocenters. The number of aromatic hydroxyl groups is 1. The highest BCUT2D eigenvalue weighted by molar-refractivity contribution is 9.10. The van der Waals surface area contributed by atoms with Gasteiger partial charge in [0.25, 0.3) is 0 Å². The molecule has 1 amide bonds. The fourth-order valence-corrected chi connectivity index (χ4v) is 2.47. The molecule has 0 aliphatic rings. The monoisotopic (exact) mass is 405 g/mol. The molecule has 2 aromatic rings. The van der Waals surface area contributed by atoms with E-state index in [2.05, 4.69) is 21.2 Å². The summed E-state index contributed by atoms with van der Waals surface area (Å²) in [4.78, 5) is 35.5. The lowest BCUT2D eigenvalue weighted by Gasteiger charge is -2.13. The molecule has 0 spiro atoms. The molecule has 2 N–H and O–H groups in total. The van der Waals surface area contributed by atoms with Gasteiger partial charge in [0.1, 0.15) is 11.3 Å². The normalized spacial score (nSPS) is 11.5. The van der Waals surface area contributed by atoms with Gasteiger partial charge in [0, 0.05) is 22.6 Å². The van der Waals surface area contributed by atoms with Gasteiger partial charge in [-0.15, -0.1) is 0 Å². The van der Waals surface area contributed by atoms with E-state index in [-0.39, 0.29) is 17.2 Å². The van der Waals surface area contributed by atoms with Crippen LogP contribution in [0.25, 0.3) is 0 Å². The minimum Gasteiger partial charge on any atom is -0.507 e. The largest absolute Gasteiger partial charge is 0.507 e. The molecule has 0 aliphatic carbocycles. The zero-order valence-electron chi connectivity index (χ0n) is 13.6. The van der Waals surface area contributed by atoms with E-state index in [1.807, 2.05) is 0 Å². The summed E-state index contributed by atoms with van der Waals surface area (Å²) in [5, 5.41) is 12.3. The maximum Gasteiger partial charge on any atom is 0.342 e. The molecular weight excluding hydrogens is 390 g/mol. The predicted octanol–water partition coefficient (Wildman–Crippen LogP) is 3.54. The van der Waals surface area contributed by atoms with Crippen molar-refractivity contribution in [3.63, 3.8) is 0 Å². The van der Waals surface area contributed by atoms with E-state index in [1.165, 1.54) is 38.1 Å². The van der Waals surface area contributed by atoms with Crippen molar-refractivity contribution in [1.29, 1.82) is 0 Å². The Labute approximate surface area is 152 Å². The van der Waals surface area contributed by atoms with Crippen molar-refractivity contribution in [2.75, 3.05) is 5.32 Å². The number of hydrogen-bond donors (Lipinski definition) is 2. The van der Waals surface area contributed by atoms with Gasteiger partial charge in [0.05, 0.1) is 0 Å². The lowest BCUT2D eigenvalue weighted by atomic mass is 10.1. The molecule has 0 saturated carbocycles. The average molecular weight is 406 g/mol. The van der Waals surface area contributed by atoms with Crippen LogP contribution in [-0.2, 0) is 9.53 Å². The minimum atomic E-state index is -1.03. The van der Waals surface area contributed by atoms with Crippen LogP contribution in [0.4, 0.5) is 5.69 Å². The first-order chi connectivity index (χ1) is 11.8. The Morgan fingerprint density at radius 1 is 1.12 bits per heavy atom. The van der Waals surface area contributed by atoms with Crippen LogP contribution in [0.2, 0.25) is 0 Å². The lowest BCUT2D eigenvalue weighted by Crippen LogP contribution is -2.24. The predicted molar refractivity (Wildman–Crippen MR) is 95.8 cm³/mol. The molecule has 0 aliphatic heterocycles. The van der Waals surface area contributed by atoms with Crippen LogP contribution in [0, 0.1) is 0 Å². The second-order valence-corrected chi connectivity index (χ2v) is 6.25. The number of rotatable bonds is 5. The van der Waals surface area contributed by atoms with Crippen LogP contribution in [0.1, 0.15) is 34.6 Å². The summed E-state index contributed by atoms with van der Waals surface area (Å²) < 4.78 is 5.75. The van der Waals surface area contributed by atoms with Gasteiger partial charge >= 0.3 is 5.97 Å². The summed E-state index contributed by atoms with van der Waals surface area (Å²) in [6, 6.07) is 10.6. The average Bonchev–Trinajstić information content (AvgIpc) is 2.56. The number of hydrogen-bond acceptors (Lipinski definition) is 5. The molecular formula is C18H16BrNO5. The second kappa shape index (κ2) is 7.94. The zero-order chi connectivity index (χ0) is 18.6. The number of halogens is 1. The van der Waals surface area contributed by atoms with Gasteiger partial charge in [-0.2, -0.15) is 0 Å². The molecule has 0 bridgehead atoms. The summed E-state index contributed by atoms with van der Waals surface area (Å²) in [6.45, 7) is 2.84. The second-order valence-electron chi connectivity index (χ2n) is 5.33. The fourth-order valence-electron chi connectivity index (χ4n) is 2.11. The van der Waals surface area contributed by atoms with Crippen molar-refractivity contribution in [1.82, 2.24) is 0 Å². The molecule has 7 heteroatoms. The highest BCUT2D eigenvalue weighted by atomic mass is 79.9. The third kappa shape index (κ3) is 4.90. The van der Waals surface area contributed by atoms with Crippen molar-refractivity contribution in [3.8, 4) is 5.75 Å². The van der Waals surface area contributed by atoms with Gasteiger partial charge in [-0.1, -0.05) is 15.9 Å². The van der Waals surface area contributed by atoms with Crippen molar-refractivity contribution >= 4 is 39.3 Å². The van der Waals surface area contributed by atoms with Gasteiger partial charge in [-0.05, 0) is 49.4 Å². The third-order valence-corrected chi connectivity index (χ3v) is 3.81. The minimum absolute atomic E-state index is 0.0324. The molecule has 25 heavy (non-hydrogen) atoms. The van der Waals surface area contributed by atoms with Crippen molar-refractivity contribution in [3.05, 3.63) is 58.1 Å². The van der Waals surface area contributed by atoms with Gasteiger partial charge in [0.2, 0.25) is 11.7 Å². The Kier molecular flexibility index (Phi) is 5.93. The van der Waals surface area contributed by atoms with Crippen LogP contribution in [0.3, 0.4) is 0 Å². The first kappa shape index (κ1) is 18.7. The SMILES string of the molecule is CC(=O)Nc1ccc(C(=O)[C@@H](C)OC(=O)c2cc(Br)ccc2O)cc1. The number of carbonyl (C=O) groups is 3. The molecule has 2 aromatic carbocycles. The maximum atomic E-state index is 12.4. The van der Waals surface area contributed by atoms with Gasteiger partial charge in [-0.25, -0.2) is 4.79 Å². The molecule has 0 fully saturated rings. The molecule has 6 nitrogen and oxygen atoms in total. The molecule has 0 heterocycles. The molecule has 1 atom stereocenters. The van der Waals surface area contributed by atoms with Crippen LogP contribution < -0.4 is 5.32 Å². The number of nitrogens with one attached hydrogen (secondary N) is 1. The molecule has 0 saturated heterocycles. The molecule has 130 valence electrons. The Morgan fingerprint density at radius 2 is 1.76 bits per heavy atom. The lowest BCUT2D eigenvalue weighted by molar-refractivity contribution is -0.114. The molecule has 0 radical (unpaired) electrons. The van der Waals surface area contributed by atoms with E-state index in [1.54, 1.807) is 18.2 Å². The Morgan fingerprint density at radius 3 is 2.36 bits per heavy atom. The van der Waals surface area contributed by atoms with Crippen molar-refractivity contribution in [2.45, 2.75) is 20.0 Å². The number of benzene rings is 2. The van der Waals surface area contributed by atoms with Gasteiger partial charge < -0.3 is 15.2 Å². The van der Waals surface area contributed by atoms with Gasteiger partial charge in [-0.3, -0.25) is 9.59 Å². The summed E-state index contributed by atoms with van der Waals surface area (Å²) in [6.07, 6.45) is -1.03. The van der Waals surface area contributed by atoms with Crippen LogP contribution in [0.5, 0.6) is 5.75 Å². The van der Waals surface area contributed by atoms with E-state index in [9.17, 15) is 19.5 Å². The summed E-state index contributed by atoms with van der Waals surface area (Å²) in [5.74, 6) is -1.63. The number of amides is 1. The topological polar surface area (TPSA) is 92.7 Å². The number of Topliss-reactive ketones (excluding diaryl/α,β-unsaturated/α-hetero) is 1. The van der Waals surface area contributed by atoms with Crippen molar-refractivity contribution in [2.24, 2.45) is 0 Å². The quantitative estimate of drug-likeness (QED) is 0.585. The van der Waals surface area contributed by atoms with E-state index in [4.69, 9.17) is 4.74 Å². The van der Waals surface area contributed by atoms with E-state index in [0.29, 0.717) is 15.7 Å². The standard InChI is InChI=1S/C18H16BrNO5/c1-10(25-18(24)15-9-13(19)5-8-16(15)22)17(23)12-3-6-14(7-4-12)20-11(2)21/h3-10,22H,1-2H3,(H,20,21)/t10-/m1/s1. The number of ether oxygens (including phenoxy) is 1. The van der Waals surface area contributed by atoms with Gasteiger partial charge in [0.15, 0.2) is 6.10 Å². The van der Waals surface area contributed by atoms with Crippen LogP contribution in [-0.4, -0.2) is 28.9 Å². The smallest absolute Gasteiger partial charge is 0.342 e. The number of carbonyl (C=O) groups excluding carboxylic acids is 3. The first-order valence-electron chi connectivity index (χ1n) is 7.39. The highest BCUT2D eigenvalue weighted by Gasteiger charge is 2.22. The van der Waals surface area contributed by atoms with Crippen LogP contribution >= 0.6 is 15.9 Å². The maximum absolute atomic E-state index is 12.4. The van der Waals surface area contributed by atoms with E-state index >= 15 is 0 Å². The third-order valence-electron chi connectivity index (χ3n) is 3.32. The van der Waals surface area contributed by atoms with Crippen LogP contribution in [0.15, 0.2) is 46.9 Å². The summed E-state index contributed by atoms with van der Waals surface area (Å²) >= 11 is 3.20. The number of phenolic OH excluding ortho intramolecular Hbond substituents is 1. The first-order valence-corrected chi connectivity index (χ1v) is 8.18. The highest BCUT2D eigenvalue weighted by Crippen LogP contribution is 2.23. The Hall–Kier alpha value is -2.67. The molecule has 0 aromatic heterocycles. The number of ketones is 1. The van der Waals surface area contributed by atoms with E-state index < -0.39 is 17.9 Å². The van der Waals surface area contributed by atoms with E-state index in [0.717, 1.165) is 0 Å². The van der Waals surface area contributed by atoms with Crippen molar-refractivity contribution < 1.29 is 24.2 Å². The molecule has 2 rings (SSSR count). The number of anilines is 1. The summed E-state index contributed by atoms with van der Waals surface area (Å²) in [5.41, 5.74) is 0.871. The fraction of sp³-hybridized carbons (Fsp3) is 0.167. The number of phenols is 1. The number of esters is 1. The Bertz CT molecular complexity index is 817. The summed E-state index contributed by atoms with van der Waals surface area (Å²) in [7, 11) is 0. The zero-order valence-corrected chi connectivity index (χ0v) is 15.2. The Balaban J connectivity index is 2.08.